The Morgan fingerprint density at radius 3 is 1.89 bits per heavy atom. The standard InChI is InChI=1S/C19H30FN3O3S/c1-14(2)23(15(3)4)19(24)16(5)21-10-12-22(13-11-21)27(25,26)18-8-6-17(20)7-9-18/h6-9,14-16H,10-13H2,1-5H3/t16-/m1/s1. The summed E-state index contributed by atoms with van der Waals surface area (Å²) in [5.74, 6) is -0.402. The molecule has 0 saturated carbocycles. The van der Waals surface area contributed by atoms with Crippen molar-refractivity contribution in [2.75, 3.05) is 26.2 Å². The van der Waals surface area contributed by atoms with Gasteiger partial charge in [-0.2, -0.15) is 4.31 Å². The molecule has 1 saturated heterocycles. The van der Waals surface area contributed by atoms with Gasteiger partial charge in [-0.1, -0.05) is 0 Å². The Labute approximate surface area is 162 Å². The Morgan fingerprint density at radius 1 is 0.963 bits per heavy atom. The lowest BCUT2D eigenvalue weighted by atomic mass is 10.1. The zero-order chi connectivity index (χ0) is 20.4. The molecule has 2 rings (SSSR count). The molecule has 0 aliphatic carbocycles. The third-order valence-corrected chi connectivity index (χ3v) is 6.91. The van der Waals surface area contributed by atoms with Crippen molar-refractivity contribution in [3.63, 3.8) is 0 Å². The van der Waals surface area contributed by atoms with Crippen LogP contribution in [0.2, 0.25) is 0 Å². The number of carbonyl (C=O) groups is 1. The first-order valence-corrected chi connectivity index (χ1v) is 10.8. The van der Waals surface area contributed by atoms with E-state index in [-0.39, 0.29) is 28.9 Å². The van der Waals surface area contributed by atoms with Gasteiger partial charge in [0, 0.05) is 38.3 Å². The summed E-state index contributed by atoms with van der Waals surface area (Å²) < 4.78 is 39.9. The number of sulfonamides is 1. The van der Waals surface area contributed by atoms with Crippen molar-refractivity contribution in [3.8, 4) is 0 Å². The van der Waals surface area contributed by atoms with Crippen LogP contribution < -0.4 is 0 Å². The number of carbonyl (C=O) groups excluding carboxylic acids is 1. The van der Waals surface area contributed by atoms with Gasteiger partial charge in [0.25, 0.3) is 0 Å². The van der Waals surface area contributed by atoms with E-state index in [1.807, 2.05) is 44.4 Å². The maximum atomic E-state index is 13.1. The van der Waals surface area contributed by atoms with Gasteiger partial charge in [0.1, 0.15) is 5.82 Å². The van der Waals surface area contributed by atoms with E-state index in [0.29, 0.717) is 26.2 Å². The van der Waals surface area contributed by atoms with E-state index in [0.717, 1.165) is 12.1 Å². The maximum absolute atomic E-state index is 13.1. The van der Waals surface area contributed by atoms with Crippen molar-refractivity contribution >= 4 is 15.9 Å². The highest BCUT2D eigenvalue weighted by molar-refractivity contribution is 7.89. The van der Waals surface area contributed by atoms with Crippen LogP contribution in [0.15, 0.2) is 29.2 Å². The van der Waals surface area contributed by atoms with E-state index in [9.17, 15) is 17.6 Å². The van der Waals surface area contributed by atoms with Crippen LogP contribution in [-0.2, 0) is 14.8 Å². The highest BCUT2D eigenvalue weighted by Gasteiger charge is 2.34. The average Bonchev–Trinajstić information content (AvgIpc) is 2.61. The smallest absolute Gasteiger partial charge is 0.243 e. The highest BCUT2D eigenvalue weighted by Crippen LogP contribution is 2.20. The lowest BCUT2D eigenvalue weighted by Crippen LogP contribution is -2.57. The van der Waals surface area contributed by atoms with E-state index in [2.05, 4.69) is 0 Å². The molecule has 1 heterocycles. The zero-order valence-corrected chi connectivity index (χ0v) is 17.5. The Morgan fingerprint density at radius 2 is 1.44 bits per heavy atom. The van der Waals surface area contributed by atoms with Crippen LogP contribution in [0, 0.1) is 5.82 Å². The van der Waals surface area contributed by atoms with Gasteiger partial charge in [-0.15, -0.1) is 0 Å². The number of benzene rings is 1. The molecule has 0 bridgehead atoms. The van der Waals surface area contributed by atoms with Crippen molar-refractivity contribution in [1.82, 2.24) is 14.1 Å². The van der Waals surface area contributed by atoms with Crippen LogP contribution in [0.5, 0.6) is 0 Å². The largest absolute Gasteiger partial charge is 0.336 e. The number of hydrogen-bond donors (Lipinski definition) is 0. The van der Waals surface area contributed by atoms with E-state index in [1.54, 1.807) is 0 Å². The SMILES string of the molecule is CC(C)N(C(=O)[C@@H](C)N1CCN(S(=O)(=O)c2ccc(F)cc2)CC1)C(C)C. The Hall–Kier alpha value is -1.51. The molecule has 27 heavy (non-hydrogen) atoms. The van der Waals surface area contributed by atoms with E-state index in [1.165, 1.54) is 16.4 Å². The summed E-state index contributed by atoms with van der Waals surface area (Å²) in [5.41, 5.74) is 0. The molecule has 0 aromatic heterocycles. The molecule has 1 aliphatic heterocycles. The molecule has 1 amide bonds. The molecular weight excluding hydrogens is 369 g/mol. The number of amides is 1. The minimum Gasteiger partial charge on any atom is -0.336 e. The lowest BCUT2D eigenvalue weighted by Gasteiger charge is -2.40. The molecule has 152 valence electrons. The monoisotopic (exact) mass is 399 g/mol. The molecule has 0 spiro atoms. The van der Waals surface area contributed by atoms with Crippen LogP contribution in [-0.4, -0.2) is 72.7 Å². The second-order valence-corrected chi connectivity index (χ2v) is 9.44. The van der Waals surface area contributed by atoms with Gasteiger partial charge >= 0.3 is 0 Å². The van der Waals surface area contributed by atoms with Crippen molar-refractivity contribution in [2.45, 2.75) is 57.6 Å². The van der Waals surface area contributed by atoms with Crippen LogP contribution in [0.4, 0.5) is 4.39 Å². The molecule has 0 N–H and O–H groups in total. The highest BCUT2D eigenvalue weighted by atomic mass is 32.2. The van der Waals surface area contributed by atoms with E-state index < -0.39 is 15.8 Å². The molecule has 1 aromatic carbocycles. The molecule has 1 fully saturated rings. The fourth-order valence-corrected chi connectivity index (χ4v) is 4.99. The molecule has 0 unspecified atom stereocenters. The van der Waals surface area contributed by atoms with Gasteiger partial charge in [-0.3, -0.25) is 9.69 Å². The Balaban J connectivity index is 2.04. The predicted octanol–water partition coefficient (Wildman–Crippen LogP) is 2.17. The fraction of sp³-hybridized carbons (Fsp3) is 0.632. The molecule has 1 atom stereocenters. The van der Waals surface area contributed by atoms with E-state index in [4.69, 9.17) is 0 Å². The quantitative estimate of drug-likeness (QED) is 0.736. The number of rotatable bonds is 6. The molecule has 1 aliphatic rings. The summed E-state index contributed by atoms with van der Waals surface area (Å²) in [4.78, 5) is 16.9. The third kappa shape index (κ3) is 4.86. The average molecular weight is 400 g/mol. The van der Waals surface area contributed by atoms with Gasteiger partial charge in [-0.25, -0.2) is 12.8 Å². The molecule has 8 heteroatoms. The van der Waals surface area contributed by atoms with E-state index >= 15 is 0 Å². The number of hydrogen-bond acceptors (Lipinski definition) is 4. The second-order valence-electron chi connectivity index (χ2n) is 7.50. The molecule has 0 radical (unpaired) electrons. The van der Waals surface area contributed by atoms with Gasteiger partial charge < -0.3 is 4.90 Å². The summed E-state index contributed by atoms with van der Waals surface area (Å²) in [5, 5.41) is 0. The van der Waals surface area contributed by atoms with Crippen LogP contribution in [0.1, 0.15) is 34.6 Å². The summed E-state index contributed by atoms with van der Waals surface area (Å²) in [6.45, 7) is 11.5. The first-order valence-electron chi connectivity index (χ1n) is 9.37. The Kier molecular flexibility index (Phi) is 6.99. The van der Waals surface area contributed by atoms with Crippen molar-refractivity contribution < 1.29 is 17.6 Å². The number of piperazine rings is 1. The summed E-state index contributed by atoms with van der Waals surface area (Å²) >= 11 is 0. The molecule has 6 nitrogen and oxygen atoms in total. The van der Waals surface area contributed by atoms with Gasteiger partial charge in [0.15, 0.2) is 0 Å². The number of halogens is 1. The molecule has 1 aromatic rings. The maximum Gasteiger partial charge on any atom is 0.243 e. The summed E-state index contributed by atoms with van der Waals surface area (Å²) in [6, 6.07) is 4.79. The first-order chi connectivity index (χ1) is 12.6. The first kappa shape index (κ1) is 21.8. The third-order valence-electron chi connectivity index (χ3n) is 5.00. The normalized spacial score (nSPS) is 18.1. The minimum atomic E-state index is -3.65. The van der Waals surface area contributed by atoms with Gasteiger partial charge in [-0.05, 0) is 58.9 Å². The zero-order valence-electron chi connectivity index (χ0n) is 16.7. The van der Waals surface area contributed by atoms with Crippen molar-refractivity contribution in [1.29, 1.82) is 0 Å². The molecular formula is C19H30FN3O3S. The lowest BCUT2D eigenvalue weighted by molar-refractivity contribution is -0.140. The topological polar surface area (TPSA) is 60.9 Å². The van der Waals surface area contributed by atoms with Gasteiger partial charge in [0.2, 0.25) is 15.9 Å². The fourth-order valence-electron chi connectivity index (χ4n) is 3.56. The second kappa shape index (κ2) is 8.67. The summed E-state index contributed by atoms with van der Waals surface area (Å²) in [7, 11) is -3.65. The predicted molar refractivity (Wildman–Crippen MR) is 103 cm³/mol. The van der Waals surface area contributed by atoms with Crippen LogP contribution >= 0.6 is 0 Å². The summed E-state index contributed by atoms with van der Waals surface area (Å²) in [6.07, 6.45) is 0. The van der Waals surface area contributed by atoms with Crippen molar-refractivity contribution in [2.24, 2.45) is 0 Å². The van der Waals surface area contributed by atoms with Crippen LogP contribution in [0.25, 0.3) is 0 Å². The van der Waals surface area contributed by atoms with Crippen molar-refractivity contribution in [3.05, 3.63) is 30.1 Å². The Bertz CT molecular complexity index is 734. The van der Waals surface area contributed by atoms with Crippen LogP contribution in [0.3, 0.4) is 0 Å². The minimum absolute atomic E-state index is 0.0647. The number of nitrogens with zero attached hydrogens (tertiary/aromatic N) is 3. The van der Waals surface area contributed by atoms with Gasteiger partial charge in [0.05, 0.1) is 10.9 Å².